The van der Waals surface area contributed by atoms with Crippen LogP contribution in [0, 0.1) is 0 Å². The minimum Gasteiger partial charge on any atom is -0.352 e. The standard InChI is InChI=1S/C14H21N3OS/c1-4-6-7-16(11(3)5-2)13-12(10-18)17-8-9-19-14(17)15-13/h8-11H,4-7H2,1-3H3. The maximum Gasteiger partial charge on any atom is 0.196 e. The van der Waals surface area contributed by atoms with Gasteiger partial charge in [-0.2, -0.15) is 0 Å². The summed E-state index contributed by atoms with van der Waals surface area (Å²) in [6.45, 7) is 7.50. The molecule has 0 aromatic carbocycles. The lowest BCUT2D eigenvalue weighted by Gasteiger charge is -2.29. The average Bonchev–Trinajstić information content (AvgIpc) is 2.99. The van der Waals surface area contributed by atoms with E-state index in [2.05, 4.69) is 30.7 Å². The Kier molecular flexibility index (Phi) is 4.58. The number of hydrogen-bond donors (Lipinski definition) is 0. The molecular formula is C14H21N3OS. The Balaban J connectivity index is 2.41. The minimum absolute atomic E-state index is 0.398. The van der Waals surface area contributed by atoms with Gasteiger partial charge in [-0.15, -0.1) is 11.3 Å². The van der Waals surface area contributed by atoms with Gasteiger partial charge in [0.15, 0.2) is 17.1 Å². The van der Waals surface area contributed by atoms with E-state index in [1.165, 1.54) is 0 Å². The van der Waals surface area contributed by atoms with Crippen molar-refractivity contribution in [2.45, 2.75) is 46.1 Å². The van der Waals surface area contributed by atoms with Crippen LogP contribution in [0.15, 0.2) is 11.6 Å². The quantitative estimate of drug-likeness (QED) is 0.727. The Bertz CT molecular complexity index is 546. The van der Waals surface area contributed by atoms with E-state index in [0.717, 1.165) is 42.9 Å². The first-order valence-corrected chi connectivity index (χ1v) is 7.78. The second kappa shape index (κ2) is 6.19. The van der Waals surface area contributed by atoms with E-state index in [1.54, 1.807) is 11.3 Å². The number of aldehydes is 1. The summed E-state index contributed by atoms with van der Waals surface area (Å²) in [5.41, 5.74) is 0.674. The molecule has 0 spiro atoms. The van der Waals surface area contributed by atoms with E-state index in [-0.39, 0.29) is 0 Å². The number of aromatic nitrogens is 2. The molecule has 104 valence electrons. The Morgan fingerprint density at radius 1 is 1.53 bits per heavy atom. The number of carbonyl (C=O) groups excluding carboxylic acids is 1. The van der Waals surface area contributed by atoms with Gasteiger partial charge in [0.05, 0.1) is 0 Å². The number of unbranched alkanes of at least 4 members (excludes halogenated alkanes) is 1. The lowest BCUT2D eigenvalue weighted by molar-refractivity contribution is 0.111. The largest absolute Gasteiger partial charge is 0.352 e. The fourth-order valence-electron chi connectivity index (χ4n) is 2.20. The van der Waals surface area contributed by atoms with Crippen molar-refractivity contribution >= 4 is 28.4 Å². The number of hydrogen-bond acceptors (Lipinski definition) is 4. The summed E-state index contributed by atoms with van der Waals surface area (Å²) >= 11 is 1.56. The number of imidazole rings is 1. The van der Waals surface area contributed by atoms with Gasteiger partial charge in [-0.3, -0.25) is 9.20 Å². The Hall–Kier alpha value is -1.36. The number of thiazole rings is 1. The van der Waals surface area contributed by atoms with Crippen molar-refractivity contribution in [1.82, 2.24) is 9.38 Å². The Morgan fingerprint density at radius 2 is 2.32 bits per heavy atom. The lowest BCUT2D eigenvalue weighted by atomic mass is 10.2. The van der Waals surface area contributed by atoms with Gasteiger partial charge in [0.1, 0.15) is 5.69 Å². The second-order valence-electron chi connectivity index (χ2n) is 4.80. The normalized spacial score (nSPS) is 12.8. The molecule has 0 aliphatic heterocycles. The highest BCUT2D eigenvalue weighted by atomic mass is 32.1. The molecular weight excluding hydrogens is 258 g/mol. The van der Waals surface area contributed by atoms with Crippen LogP contribution in [0.1, 0.15) is 50.5 Å². The topological polar surface area (TPSA) is 37.6 Å². The second-order valence-corrected chi connectivity index (χ2v) is 5.67. The third kappa shape index (κ3) is 2.66. The molecule has 1 unspecified atom stereocenters. The molecule has 5 heteroatoms. The molecule has 0 bridgehead atoms. The molecule has 2 rings (SSSR count). The van der Waals surface area contributed by atoms with Gasteiger partial charge in [0.25, 0.3) is 0 Å². The van der Waals surface area contributed by atoms with Crippen LogP contribution in [-0.4, -0.2) is 28.3 Å². The molecule has 0 fully saturated rings. The molecule has 0 aliphatic rings. The smallest absolute Gasteiger partial charge is 0.196 e. The highest BCUT2D eigenvalue weighted by Gasteiger charge is 2.21. The predicted molar refractivity (Wildman–Crippen MR) is 80.5 cm³/mol. The maximum absolute atomic E-state index is 11.4. The van der Waals surface area contributed by atoms with Gasteiger partial charge in [-0.1, -0.05) is 20.3 Å². The van der Waals surface area contributed by atoms with Crippen molar-refractivity contribution in [2.24, 2.45) is 0 Å². The van der Waals surface area contributed by atoms with Crippen LogP contribution in [0.5, 0.6) is 0 Å². The van der Waals surface area contributed by atoms with Crippen molar-refractivity contribution < 1.29 is 4.79 Å². The fourth-order valence-corrected chi connectivity index (χ4v) is 2.91. The SMILES string of the molecule is CCCCN(c1nc2sccn2c1C=O)C(C)CC. The summed E-state index contributed by atoms with van der Waals surface area (Å²) in [5.74, 6) is 0.838. The number of nitrogens with zero attached hydrogens (tertiary/aromatic N) is 3. The third-order valence-electron chi connectivity index (χ3n) is 3.54. The van der Waals surface area contributed by atoms with Gasteiger partial charge in [-0.05, 0) is 19.8 Å². The van der Waals surface area contributed by atoms with Crippen LogP contribution in [-0.2, 0) is 0 Å². The molecule has 0 amide bonds. The van der Waals surface area contributed by atoms with Crippen LogP contribution >= 0.6 is 11.3 Å². The molecule has 19 heavy (non-hydrogen) atoms. The highest BCUT2D eigenvalue weighted by Crippen LogP contribution is 2.26. The van der Waals surface area contributed by atoms with Crippen molar-refractivity contribution in [1.29, 1.82) is 0 Å². The summed E-state index contributed by atoms with van der Waals surface area (Å²) in [6, 6.07) is 0.398. The zero-order valence-electron chi connectivity index (χ0n) is 11.8. The first-order valence-electron chi connectivity index (χ1n) is 6.90. The fraction of sp³-hybridized carbons (Fsp3) is 0.571. The zero-order chi connectivity index (χ0) is 13.8. The van der Waals surface area contributed by atoms with Crippen LogP contribution in [0.25, 0.3) is 4.96 Å². The third-order valence-corrected chi connectivity index (χ3v) is 4.30. The molecule has 2 heterocycles. The summed E-state index contributed by atoms with van der Waals surface area (Å²) in [7, 11) is 0. The Morgan fingerprint density at radius 3 is 2.95 bits per heavy atom. The van der Waals surface area contributed by atoms with E-state index in [0.29, 0.717) is 11.7 Å². The van der Waals surface area contributed by atoms with Crippen LogP contribution in [0.2, 0.25) is 0 Å². The zero-order valence-corrected chi connectivity index (χ0v) is 12.6. The monoisotopic (exact) mass is 279 g/mol. The Labute approximate surface area is 118 Å². The first kappa shape index (κ1) is 14.1. The highest BCUT2D eigenvalue weighted by molar-refractivity contribution is 7.15. The van der Waals surface area contributed by atoms with E-state index in [4.69, 9.17) is 0 Å². The molecule has 0 saturated carbocycles. The van der Waals surface area contributed by atoms with Crippen LogP contribution in [0.3, 0.4) is 0 Å². The van der Waals surface area contributed by atoms with E-state index < -0.39 is 0 Å². The van der Waals surface area contributed by atoms with Crippen LogP contribution < -0.4 is 4.90 Å². The van der Waals surface area contributed by atoms with Crippen LogP contribution in [0.4, 0.5) is 5.82 Å². The number of anilines is 1. The van der Waals surface area contributed by atoms with Crippen molar-refractivity contribution in [3.05, 3.63) is 17.3 Å². The van der Waals surface area contributed by atoms with Crippen molar-refractivity contribution in [3.8, 4) is 0 Å². The van der Waals surface area contributed by atoms with Gasteiger partial charge >= 0.3 is 0 Å². The summed E-state index contributed by atoms with van der Waals surface area (Å²) in [6.07, 6.45) is 6.14. The van der Waals surface area contributed by atoms with E-state index in [9.17, 15) is 4.79 Å². The van der Waals surface area contributed by atoms with Crippen molar-refractivity contribution in [3.63, 3.8) is 0 Å². The molecule has 4 nitrogen and oxygen atoms in total. The van der Waals surface area contributed by atoms with E-state index in [1.807, 2.05) is 16.0 Å². The number of fused-ring (bicyclic) bond motifs is 1. The number of rotatable bonds is 7. The van der Waals surface area contributed by atoms with Gasteiger partial charge in [-0.25, -0.2) is 4.98 Å². The molecule has 1 atom stereocenters. The van der Waals surface area contributed by atoms with Gasteiger partial charge < -0.3 is 4.90 Å². The summed E-state index contributed by atoms with van der Waals surface area (Å²) < 4.78 is 1.88. The summed E-state index contributed by atoms with van der Waals surface area (Å²) in [5, 5.41) is 1.96. The first-order chi connectivity index (χ1) is 9.22. The molecule has 0 N–H and O–H groups in total. The summed E-state index contributed by atoms with van der Waals surface area (Å²) in [4.78, 5) is 19.2. The molecule has 2 aromatic rings. The van der Waals surface area contributed by atoms with Gasteiger partial charge in [0.2, 0.25) is 0 Å². The molecule has 2 aromatic heterocycles. The lowest BCUT2D eigenvalue weighted by Crippen LogP contribution is -2.34. The molecule has 0 saturated heterocycles. The molecule has 0 radical (unpaired) electrons. The van der Waals surface area contributed by atoms with E-state index >= 15 is 0 Å². The number of carbonyl (C=O) groups is 1. The van der Waals surface area contributed by atoms with Gasteiger partial charge in [0, 0.05) is 24.2 Å². The molecule has 0 aliphatic carbocycles. The average molecular weight is 279 g/mol. The minimum atomic E-state index is 0.398. The predicted octanol–water partition coefficient (Wildman–Crippen LogP) is 3.61. The maximum atomic E-state index is 11.4. The van der Waals surface area contributed by atoms with Crippen molar-refractivity contribution in [2.75, 3.05) is 11.4 Å².